The van der Waals surface area contributed by atoms with Gasteiger partial charge in [-0.1, -0.05) is 36.4 Å². The van der Waals surface area contributed by atoms with Gasteiger partial charge in [-0.25, -0.2) is 19.2 Å². The Bertz CT molecular complexity index is 835. The Morgan fingerprint density at radius 2 is 0.767 bits per heavy atom. The lowest BCUT2D eigenvalue weighted by molar-refractivity contribution is 0.0676. The minimum atomic E-state index is -1.13. The SMILES string of the molecule is C=C(C)C(=C)C.O=C(O)c1cccc(C(=O)O)c1.O=C(O)c1cccc(C(=O)O)c1. The molecular weight excluding hydrogens is 392 g/mol. The van der Waals surface area contributed by atoms with Crippen molar-refractivity contribution in [3.63, 3.8) is 0 Å². The Morgan fingerprint density at radius 3 is 0.900 bits per heavy atom. The molecule has 0 aliphatic carbocycles. The van der Waals surface area contributed by atoms with E-state index in [0.29, 0.717) is 0 Å². The molecule has 0 spiro atoms. The summed E-state index contributed by atoms with van der Waals surface area (Å²) in [4.78, 5) is 41.5. The lowest BCUT2D eigenvalue weighted by atomic mass is 10.1. The van der Waals surface area contributed by atoms with E-state index < -0.39 is 23.9 Å². The summed E-state index contributed by atoms with van der Waals surface area (Å²) < 4.78 is 0. The molecule has 0 radical (unpaired) electrons. The normalized spacial score (nSPS) is 9.00. The summed E-state index contributed by atoms with van der Waals surface area (Å²) in [6.45, 7) is 11.2. The van der Waals surface area contributed by atoms with Crippen LogP contribution in [-0.4, -0.2) is 44.3 Å². The highest BCUT2D eigenvalue weighted by Crippen LogP contribution is 2.05. The minimum absolute atomic E-state index is 0.0186. The van der Waals surface area contributed by atoms with E-state index in [9.17, 15) is 19.2 Å². The highest BCUT2D eigenvalue weighted by Gasteiger charge is 2.07. The number of hydrogen-bond acceptors (Lipinski definition) is 4. The highest BCUT2D eigenvalue weighted by molar-refractivity contribution is 5.94. The molecular formula is C22H22O8. The van der Waals surface area contributed by atoms with Crippen LogP contribution in [0.25, 0.3) is 0 Å². The quantitative estimate of drug-likeness (QED) is 0.529. The molecule has 158 valence electrons. The van der Waals surface area contributed by atoms with Gasteiger partial charge in [0.25, 0.3) is 0 Å². The topological polar surface area (TPSA) is 149 Å². The molecule has 0 aliphatic rings. The van der Waals surface area contributed by atoms with Gasteiger partial charge in [0.2, 0.25) is 0 Å². The van der Waals surface area contributed by atoms with Gasteiger partial charge in [0.15, 0.2) is 0 Å². The first-order chi connectivity index (χ1) is 13.9. The van der Waals surface area contributed by atoms with Crippen LogP contribution in [0.15, 0.2) is 72.8 Å². The molecule has 0 heterocycles. The van der Waals surface area contributed by atoms with Crippen LogP contribution < -0.4 is 0 Å². The minimum Gasteiger partial charge on any atom is -0.478 e. The molecule has 4 N–H and O–H groups in total. The van der Waals surface area contributed by atoms with Crippen molar-refractivity contribution in [2.24, 2.45) is 0 Å². The van der Waals surface area contributed by atoms with Gasteiger partial charge in [-0.2, -0.15) is 0 Å². The van der Waals surface area contributed by atoms with Crippen molar-refractivity contribution in [1.82, 2.24) is 0 Å². The standard InChI is InChI=1S/2C8H6O4.C6H10/c2*9-7(10)5-2-1-3-6(4-5)8(11)12;1-5(2)6(3)4/h2*1-4H,(H,9,10)(H,11,12);1,3H2,2,4H3. The van der Waals surface area contributed by atoms with E-state index in [4.69, 9.17) is 20.4 Å². The molecule has 30 heavy (non-hydrogen) atoms. The number of carboxylic acids is 4. The van der Waals surface area contributed by atoms with Crippen LogP contribution in [0.1, 0.15) is 55.3 Å². The highest BCUT2D eigenvalue weighted by atomic mass is 16.4. The van der Waals surface area contributed by atoms with Crippen molar-refractivity contribution in [1.29, 1.82) is 0 Å². The summed E-state index contributed by atoms with van der Waals surface area (Å²) in [5, 5.41) is 34.0. The molecule has 0 atom stereocenters. The summed E-state index contributed by atoms with van der Waals surface area (Å²) in [5.74, 6) is -4.51. The number of carboxylic acid groups (broad SMARTS) is 4. The molecule has 0 bridgehead atoms. The summed E-state index contributed by atoms with van der Waals surface area (Å²) in [5.41, 5.74) is 2.06. The fraction of sp³-hybridized carbons (Fsp3) is 0.0909. The fourth-order valence-corrected chi connectivity index (χ4v) is 1.57. The number of carbonyl (C=O) groups is 4. The van der Waals surface area contributed by atoms with Gasteiger partial charge >= 0.3 is 23.9 Å². The lowest BCUT2D eigenvalue weighted by Crippen LogP contribution is -2.01. The van der Waals surface area contributed by atoms with E-state index in [1.54, 1.807) is 0 Å². The summed E-state index contributed by atoms with van der Waals surface area (Å²) >= 11 is 0. The predicted molar refractivity (Wildman–Crippen MR) is 110 cm³/mol. The molecule has 8 heteroatoms. The van der Waals surface area contributed by atoms with Crippen molar-refractivity contribution in [2.45, 2.75) is 13.8 Å². The molecule has 0 saturated carbocycles. The molecule has 2 aromatic carbocycles. The average Bonchev–Trinajstić information content (AvgIpc) is 2.69. The van der Waals surface area contributed by atoms with Crippen LogP contribution in [-0.2, 0) is 0 Å². The van der Waals surface area contributed by atoms with Gasteiger partial charge in [0.1, 0.15) is 0 Å². The van der Waals surface area contributed by atoms with E-state index in [1.807, 2.05) is 13.8 Å². The summed E-state index contributed by atoms with van der Waals surface area (Å²) in [6, 6.07) is 10.4. The van der Waals surface area contributed by atoms with Crippen molar-refractivity contribution >= 4 is 23.9 Å². The van der Waals surface area contributed by atoms with E-state index >= 15 is 0 Å². The maximum atomic E-state index is 10.4. The molecule has 0 fully saturated rings. The molecule has 2 rings (SSSR count). The maximum absolute atomic E-state index is 10.4. The Hall–Kier alpha value is -4.20. The number of benzene rings is 2. The first-order valence-corrected chi connectivity index (χ1v) is 8.31. The molecule has 0 aromatic heterocycles. The summed E-state index contributed by atoms with van der Waals surface area (Å²) in [6.07, 6.45) is 0. The van der Waals surface area contributed by atoms with Crippen LogP contribution in [0.5, 0.6) is 0 Å². The van der Waals surface area contributed by atoms with Gasteiger partial charge in [0, 0.05) is 0 Å². The molecule has 0 aliphatic heterocycles. The van der Waals surface area contributed by atoms with Crippen LogP contribution >= 0.6 is 0 Å². The second-order valence-electron chi connectivity index (χ2n) is 5.94. The fourth-order valence-electron chi connectivity index (χ4n) is 1.57. The zero-order chi connectivity index (χ0) is 23.4. The van der Waals surface area contributed by atoms with Crippen molar-refractivity contribution in [2.75, 3.05) is 0 Å². The first kappa shape index (κ1) is 25.8. The molecule has 2 aromatic rings. The van der Waals surface area contributed by atoms with Crippen LogP contribution in [0.3, 0.4) is 0 Å². The molecule has 8 nitrogen and oxygen atoms in total. The average molecular weight is 414 g/mol. The second-order valence-corrected chi connectivity index (χ2v) is 5.94. The lowest BCUT2D eigenvalue weighted by Gasteiger charge is -1.95. The van der Waals surface area contributed by atoms with Crippen molar-refractivity contribution < 1.29 is 39.6 Å². The third-order valence-corrected chi connectivity index (χ3v) is 3.44. The monoisotopic (exact) mass is 414 g/mol. The third-order valence-electron chi connectivity index (χ3n) is 3.44. The van der Waals surface area contributed by atoms with E-state index in [1.165, 1.54) is 36.4 Å². The molecule has 0 amide bonds. The van der Waals surface area contributed by atoms with E-state index in [0.717, 1.165) is 23.3 Å². The van der Waals surface area contributed by atoms with E-state index in [2.05, 4.69) is 13.2 Å². The molecule has 0 unspecified atom stereocenters. The van der Waals surface area contributed by atoms with Gasteiger partial charge in [0.05, 0.1) is 22.3 Å². The van der Waals surface area contributed by atoms with Gasteiger partial charge < -0.3 is 20.4 Å². The van der Waals surface area contributed by atoms with Crippen LogP contribution in [0.4, 0.5) is 0 Å². The first-order valence-electron chi connectivity index (χ1n) is 8.31. The Kier molecular flexibility index (Phi) is 10.6. The number of allylic oxidation sites excluding steroid dienone is 2. The van der Waals surface area contributed by atoms with Gasteiger partial charge in [-0.3, -0.25) is 0 Å². The number of aromatic carboxylic acids is 4. The van der Waals surface area contributed by atoms with Crippen LogP contribution in [0.2, 0.25) is 0 Å². The number of rotatable bonds is 5. The summed E-state index contributed by atoms with van der Waals surface area (Å²) in [7, 11) is 0. The van der Waals surface area contributed by atoms with Crippen LogP contribution in [0, 0.1) is 0 Å². The number of hydrogen-bond donors (Lipinski definition) is 4. The zero-order valence-electron chi connectivity index (χ0n) is 16.5. The van der Waals surface area contributed by atoms with Gasteiger partial charge in [-0.05, 0) is 50.2 Å². The predicted octanol–water partition coefficient (Wildman–Crippen LogP) is 4.30. The molecule has 0 saturated heterocycles. The van der Waals surface area contributed by atoms with Crippen molar-refractivity contribution in [3.8, 4) is 0 Å². The smallest absolute Gasteiger partial charge is 0.335 e. The largest absolute Gasteiger partial charge is 0.478 e. The maximum Gasteiger partial charge on any atom is 0.335 e. The van der Waals surface area contributed by atoms with Crippen molar-refractivity contribution in [3.05, 3.63) is 95.1 Å². The second kappa shape index (κ2) is 12.3. The zero-order valence-corrected chi connectivity index (χ0v) is 16.5. The Labute approximate surface area is 173 Å². The van der Waals surface area contributed by atoms with E-state index in [-0.39, 0.29) is 22.3 Å². The Balaban J connectivity index is 0.000000447. The Morgan fingerprint density at radius 1 is 0.567 bits per heavy atom. The third kappa shape index (κ3) is 9.65. The van der Waals surface area contributed by atoms with Gasteiger partial charge in [-0.15, -0.1) is 0 Å².